The first-order valence-electron chi connectivity index (χ1n) is 16.1. The molecular weight excluding hydrogens is 698 g/mol. The smallest absolute Gasteiger partial charge is 0.221 e. The first-order chi connectivity index (χ1) is 24.1. The highest BCUT2D eigenvalue weighted by Crippen LogP contribution is 2.28. The van der Waals surface area contributed by atoms with Gasteiger partial charge in [0.05, 0.1) is 46.3 Å². The number of nitrogens with one attached hydrogen (secondary N) is 3. The predicted octanol–water partition coefficient (Wildman–Crippen LogP) is -9.64. The number of ether oxygens (including phenoxy) is 6. The molecule has 0 bridgehead atoms. The van der Waals surface area contributed by atoms with Gasteiger partial charge in [0, 0.05) is 12.8 Å². The number of aliphatic hydroxyl groups excluding tert-OH is 12. The summed E-state index contributed by atoms with van der Waals surface area (Å²) in [5, 5.41) is 130. The fourth-order valence-electron chi connectivity index (χ4n) is 5.43. The van der Waals surface area contributed by atoms with Gasteiger partial charge in [0.2, 0.25) is 11.8 Å². The van der Waals surface area contributed by atoms with E-state index in [1.807, 2.05) is 0 Å². The van der Waals surface area contributed by atoms with Crippen molar-refractivity contribution in [1.29, 1.82) is 0 Å². The Kier molecular flexibility index (Phi) is 17.1. The molecule has 23 heteroatoms. The summed E-state index contributed by atoms with van der Waals surface area (Å²) in [6, 6.07) is 0. The number of aliphatic hydroxyl groups is 12. The number of carbonyl (C=O) groups is 2. The molecule has 51 heavy (non-hydrogen) atoms. The average molecular weight is 750 g/mol. The van der Waals surface area contributed by atoms with Crippen LogP contribution in [0.2, 0.25) is 0 Å². The maximum Gasteiger partial charge on any atom is 0.221 e. The molecule has 0 saturated carbocycles. The fraction of sp³-hybridized carbons (Fsp3) is 0.929. The summed E-state index contributed by atoms with van der Waals surface area (Å²) in [6.07, 6.45) is -27.1. The first kappa shape index (κ1) is 43.6. The van der Waals surface area contributed by atoms with Crippen LogP contribution in [0, 0.1) is 0 Å². The summed E-state index contributed by atoms with van der Waals surface area (Å²) in [6.45, 7) is -4.85. The second kappa shape index (κ2) is 20.0. The van der Waals surface area contributed by atoms with Gasteiger partial charge in [0.25, 0.3) is 0 Å². The summed E-state index contributed by atoms with van der Waals surface area (Å²) in [5.74, 6) is -1.39. The molecule has 3 rings (SSSR count). The highest BCUT2D eigenvalue weighted by atomic mass is 16.7. The van der Waals surface area contributed by atoms with E-state index in [-0.39, 0.29) is 13.1 Å². The molecule has 3 aliphatic rings. The largest absolute Gasteiger partial charge is 0.394 e. The van der Waals surface area contributed by atoms with Gasteiger partial charge in [-0.05, 0) is 7.05 Å². The van der Waals surface area contributed by atoms with E-state index in [0.717, 1.165) is 0 Å². The first-order valence-corrected chi connectivity index (χ1v) is 16.1. The second-order valence-electron chi connectivity index (χ2n) is 12.5. The Labute approximate surface area is 291 Å². The van der Waals surface area contributed by atoms with E-state index in [4.69, 9.17) is 28.4 Å². The van der Waals surface area contributed by atoms with Crippen LogP contribution in [0.4, 0.5) is 0 Å². The van der Waals surface area contributed by atoms with E-state index < -0.39 is 156 Å². The van der Waals surface area contributed by atoms with Gasteiger partial charge < -0.3 is 106 Å². The molecule has 23 nitrogen and oxygen atoms in total. The molecule has 0 aromatic heterocycles. The normalized spacial score (nSPS) is 40.0. The van der Waals surface area contributed by atoms with E-state index in [1.165, 1.54) is 0 Å². The van der Waals surface area contributed by atoms with Crippen LogP contribution < -0.4 is 16.0 Å². The molecule has 0 radical (unpaired) electrons. The molecule has 15 atom stereocenters. The van der Waals surface area contributed by atoms with E-state index >= 15 is 0 Å². The highest BCUT2D eigenvalue weighted by Gasteiger charge is 2.49. The van der Waals surface area contributed by atoms with Crippen molar-refractivity contribution in [3.8, 4) is 0 Å². The van der Waals surface area contributed by atoms with E-state index in [0.29, 0.717) is 0 Å². The van der Waals surface area contributed by atoms with E-state index in [9.17, 15) is 70.9 Å². The zero-order chi connectivity index (χ0) is 38.0. The van der Waals surface area contributed by atoms with Gasteiger partial charge >= 0.3 is 0 Å². The Balaban J connectivity index is 1.94. The molecule has 0 spiro atoms. The van der Waals surface area contributed by atoms with Crippen molar-refractivity contribution in [2.75, 3.05) is 53.4 Å². The zero-order valence-corrected chi connectivity index (χ0v) is 27.7. The van der Waals surface area contributed by atoms with Crippen LogP contribution in [0.25, 0.3) is 0 Å². The quantitative estimate of drug-likeness (QED) is 0.0578. The molecule has 0 aromatic rings. The topological polar surface area (TPSA) is 368 Å². The summed E-state index contributed by atoms with van der Waals surface area (Å²) in [5.41, 5.74) is -2.07. The SMILES string of the molecule is CNCNC(=O)CCC(=O)NC(COC1OC(CO)C(O)C(O)C1O)(COC1OC(CO)C(O)C(O)C1O)COC1OC(CO)C(O)C(O)C1O. The molecule has 0 aromatic carbocycles. The summed E-state index contributed by atoms with van der Waals surface area (Å²) in [4.78, 5) is 25.5. The van der Waals surface area contributed by atoms with Gasteiger partial charge in [-0.15, -0.1) is 0 Å². The third-order valence-corrected chi connectivity index (χ3v) is 8.56. The van der Waals surface area contributed by atoms with Crippen molar-refractivity contribution in [3.05, 3.63) is 0 Å². The molecule has 3 heterocycles. The fourth-order valence-corrected chi connectivity index (χ4v) is 5.43. The number of hydrogen-bond acceptors (Lipinski definition) is 21. The maximum absolute atomic E-state index is 13.3. The lowest BCUT2D eigenvalue weighted by molar-refractivity contribution is -0.324. The standard InChI is InChI=1S/C28H51N3O20/c1-29-10-30-14(35)2-3-15(36)31-28(7-46-25-22(43)19(40)16(37)11(4-32)49-25,8-47-26-23(44)20(41)17(38)12(5-33)50-26)9-48-27-24(45)21(42)18(39)13(6-34)51-27/h11-13,16-27,29,32-34,37-45H,2-10H2,1H3,(H,30,35)(H,31,36). The Bertz CT molecular complexity index is 977. The van der Waals surface area contributed by atoms with Crippen LogP contribution in [0.3, 0.4) is 0 Å². The zero-order valence-electron chi connectivity index (χ0n) is 27.7. The lowest BCUT2D eigenvalue weighted by Crippen LogP contribution is -2.65. The van der Waals surface area contributed by atoms with Gasteiger partial charge in [0.15, 0.2) is 18.9 Å². The summed E-state index contributed by atoms with van der Waals surface area (Å²) in [7, 11) is 1.57. The minimum Gasteiger partial charge on any atom is -0.394 e. The van der Waals surface area contributed by atoms with Crippen LogP contribution in [-0.4, -0.2) is 224 Å². The van der Waals surface area contributed by atoms with Gasteiger partial charge in [-0.2, -0.15) is 0 Å². The highest BCUT2D eigenvalue weighted by molar-refractivity contribution is 5.84. The minimum atomic E-state index is -2.07. The Morgan fingerprint density at radius 2 is 0.882 bits per heavy atom. The summed E-state index contributed by atoms with van der Waals surface area (Å²) >= 11 is 0. The lowest BCUT2D eigenvalue weighted by atomic mass is 9.97. The van der Waals surface area contributed by atoms with Gasteiger partial charge in [-0.25, -0.2) is 0 Å². The van der Waals surface area contributed by atoms with Crippen LogP contribution in [0.15, 0.2) is 0 Å². The van der Waals surface area contributed by atoms with Gasteiger partial charge in [-0.1, -0.05) is 0 Å². The second-order valence-corrected chi connectivity index (χ2v) is 12.5. The molecule has 298 valence electrons. The van der Waals surface area contributed by atoms with Crippen LogP contribution in [0.5, 0.6) is 0 Å². The van der Waals surface area contributed by atoms with Crippen molar-refractivity contribution >= 4 is 11.8 Å². The lowest BCUT2D eigenvalue weighted by Gasteiger charge is -2.44. The summed E-state index contributed by atoms with van der Waals surface area (Å²) < 4.78 is 33.3. The van der Waals surface area contributed by atoms with Crippen LogP contribution in [0.1, 0.15) is 12.8 Å². The number of rotatable bonds is 18. The number of carbonyl (C=O) groups excluding carboxylic acids is 2. The van der Waals surface area contributed by atoms with Crippen LogP contribution in [-0.2, 0) is 38.0 Å². The van der Waals surface area contributed by atoms with Gasteiger partial charge in [0.1, 0.15) is 78.8 Å². The third-order valence-electron chi connectivity index (χ3n) is 8.56. The monoisotopic (exact) mass is 749 g/mol. The predicted molar refractivity (Wildman–Crippen MR) is 161 cm³/mol. The molecule has 15 unspecified atom stereocenters. The van der Waals surface area contributed by atoms with E-state index in [2.05, 4.69) is 16.0 Å². The Hall–Kier alpha value is -1.82. The Morgan fingerprint density at radius 1 is 0.549 bits per heavy atom. The molecule has 2 amide bonds. The Morgan fingerprint density at radius 3 is 1.20 bits per heavy atom. The van der Waals surface area contributed by atoms with Crippen molar-refractivity contribution in [3.63, 3.8) is 0 Å². The molecule has 0 aliphatic carbocycles. The van der Waals surface area contributed by atoms with Crippen molar-refractivity contribution < 1.29 is 99.3 Å². The molecule has 3 aliphatic heterocycles. The molecule has 15 N–H and O–H groups in total. The third kappa shape index (κ3) is 11.1. The molecular formula is C28H51N3O20. The molecule has 3 saturated heterocycles. The molecule has 3 fully saturated rings. The van der Waals surface area contributed by atoms with Crippen LogP contribution >= 0.6 is 0 Å². The number of hydrogen-bond donors (Lipinski definition) is 15. The van der Waals surface area contributed by atoms with Gasteiger partial charge in [-0.3, -0.25) is 9.59 Å². The van der Waals surface area contributed by atoms with Crippen molar-refractivity contribution in [2.45, 2.75) is 110 Å². The number of amides is 2. The average Bonchev–Trinajstić information content (AvgIpc) is 3.12. The van der Waals surface area contributed by atoms with E-state index in [1.54, 1.807) is 7.05 Å². The minimum absolute atomic E-state index is 0.0944. The van der Waals surface area contributed by atoms with Crippen molar-refractivity contribution in [1.82, 2.24) is 16.0 Å². The maximum atomic E-state index is 13.3. The van der Waals surface area contributed by atoms with Crippen molar-refractivity contribution in [2.24, 2.45) is 0 Å².